The van der Waals surface area contributed by atoms with Gasteiger partial charge >= 0.3 is 0 Å². The first kappa shape index (κ1) is 16.4. The highest BCUT2D eigenvalue weighted by Gasteiger charge is 2.20. The van der Waals surface area contributed by atoms with Crippen LogP contribution in [0.5, 0.6) is 0 Å². The van der Waals surface area contributed by atoms with E-state index in [4.69, 9.17) is 0 Å². The van der Waals surface area contributed by atoms with Crippen molar-refractivity contribution in [3.8, 4) is 0 Å². The predicted molar refractivity (Wildman–Crippen MR) is 87.0 cm³/mol. The van der Waals surface area contributed by atoms with E-state index in [0.717, 1.165) is 37.5 Å². The summed E-state index contributed by atoms with van der Waals surface area (Å²) < 4.78 is 13.3. The van der Waals surface area contributed by atoms with Crippen LogP contribution in [0, 0.1) is 11.7 Å². The van der Waals surface area contributed by atoms with Crippen molar-refractivity contribution in [3.05, 3.63) is 35.6 Å². The molecule has 2 rings (SSSR count). The number of hydrogen-bond acceptors (Lipinski definition) is 2. The highest BCUT2D eigenvalue weighted by atomic mass is 19.1. The average Bonchev–Trinajstić information content (AvgIpc) is 2.48. The first-order chi connectivity index (χ1) is 10.2. The van der Waals surface area contributed by atoms with Crippen molar-refractivity contribution in [2.75, 3.05) is 26.2 Å². The second-order valence-electron chi connectivity index (χ2n) is 6.37. The third-order valence-corrected chi connectivity index (χ3v) is 4.51. The summed E-state index contributed by atoms with van der Waals surface area (Å²) >= 11 is 0. The number of hydrogen-bond donors (Lipinski definition) is 1. The van der Waals surface area contributed by atoms with Crippen molar-refractivity contribution in [2.45, 2.75) is 45.6 Å². The van der Waals surface area contributed by atoms with Crippen LogP contribution in [0.15, 0.2) is 24.3 Å². The van der Waals surface area contributed by atoms with Gasteiger partial charge in [0.1, 0.15) is 5.82 Å². The Morgan fingerprint density at radius 3 is 2.76 bits per heavy atom. The summed E-state index contributed by atoms with van der Waals surface area (Å²) in [5.74, 6) is 0.688. The predicted octanol–water partition coefficient (Wildman–Crippen LogP) is 3.47. The van der Waals surface area contributed by atoms with Crippen molar-refractivity contribution < 1.29 is 4.39 Å². The molecule has 21 heavy (non-hydrogen) atoms. The largest absolute Gasteiger partial charge is 0.317 e. The Morgan fingerprint density at radius 1 is 1.33 bits per heavy atom. The first-order valence-electron chi connectivity index (χ1n) is 8.38. The number of piperidine rings is 1. The molecule has 1 saturated heterocycles. The van der Waals surface area contributed by atoms with Crippen LogP contribution in [0.2, 0.25) is 0 Å². The van der Waals surface area contributed by atoms with Gasteiger partial charge in [-0.1, -0.05) is 19.1 Å². The maximum Gasteiger partial charge on any atom is 0.123 e. The van der Waals surface area contributed by atoms with Crippen LogP contribution in [0.1, 0.15) is 38.7 Å². The summed E-state index contributed by atoms with van der Waals surface area (Å²) in [5.41, 5.74) is 1.11. The van der Waals surface area contributed by atoms with Crippen molar-refractivity contribution >= 4 is 0 Å². The summed E-state index contributed by atoms with van der Waals surface area (Å²) in [6, 6.07) is 7.52. The number of nitrogens with one attached hydrogen (secondary N) is 1. The van der Waals surface area contributed by atoms with Gasteiger partial charge in [0.15, 0.2) is 0 Å². The molecule has 1 aromatic rings. The topological polar surface area (TPSA) is 15.3 Å². The van der Waals surface area contributed by atoms with E-state index in [2.05, 4.69) is 24.1 Å². The van der Waals surface area contributed by atoms with Gasteiger partial charge in [0.25, 0.3) is 0 Å². The van der Waals surface area contributed by atoms with Crippen LogP contribution in [-0.4, -0.2) is 37.1 Å². The van der Waals surface area contributed by atoms with Gasteiger partial charge in [0.2, 0.25) is 0 Å². The molecule has 0 aromatic heterocycles. The molecule has 2 nitrogen and oxygen atoms in total. The Labute approximate surface area is 128 Å². The monoisotopic (exact) mass is 292 g/mol. The summed E-state index contributed by atoms with van der Waals surface area (Å²) in [6.45, 7) is 9.16. The van der Waals surface area contributed by atoms with Crippen molar-refractivity contribution in [3.63, 3.8) is 0 Å². The minimum Gasteiger partial charge on any atom is -0.317 e. The molecule has 1 unspecified atom stereocenters. The minimum atomic E-state index is -0.125. The zero-order valence-electron chi connectivity index (χ0n) is 13.4. The van der Waals surface area contributed by atoms with Gasteiger partial charge in [-0.2, -0.15) is 0 Å². The standard InChI is InChI=1S/C18H29FN2/c1-3-11-21(14-16-7-9-20-10-8-16)15(2)12-17-5-4-6-18(19)13-17/h4-6,13,15-16,20H,3,7-12,14H2,1-2H3. The molecule has 0 bridgehead atoms. The van der Waals surface area contributed by atoms with E-state index < -0.39 is 0 Å². The van der Waals surface area contributed by atoms with E-state index in [9.17, 15) is 4.39 Å². The molecule has 0 aliphatic carbocycles. The molecule has 1 heterocycles. The molecular formula is C18H29FN2. The molecule has 1 N–H and O–H groups in total. The van der Waals surface area contributed by atoms with Gasteiger partial charge < -0.3 is 10.2 Å². The summed E-state index contributed by atoms with van der Waals surface area (Å²) in [4.78, 5) is 2.60. The fourth-order valence-corrected chi connectivity index (χ4v) is 3.31. The fraction of sp³-hybridized carbons (Fsp3) is 0.667. The molecule has 1 aliphatic rings. The minimum absolute atomic E-state index is 0.125. The maximum absolute atomic E-state index is 13.3. The molecule has 1 fully saturated rings. The van der Waals surface area contributed by atoms with E-state index in [1.54, 1.807) is 6.07 Å². The summed E-state index contributed by atoms with van der Waals surface area (Å²) in [6.07, 6.45) is 4.68. The SMILES string of the molecule is CCCN(CC1CCNCC1)C(C)Cc1cccc(F)c1. The van der Waals surface area contributed by atoms with Crippen LogP contribution in [0.4, 0.5) is 4.39 Å². The van der Waals surface area contributed by atoms with Crippen LogP contribution < -0.4 is 5.32 Å². The zero-order chi connectivity index (χ0) is 15.1. The van der Waals surface area contributed by atoms with Crippen LogP contribution >= 0.6 is 0 Å². The maximum atomic E-state index is 13.3. The van der Waals surface area contributed by atoms with Gasteiger partial charge in [-0.15, -0.1) is 0 Å². The number of benzene rings is 1. The number of halogens is 1. The molecule has 1 aromatic carbocycles. The normalized spacial score (nSPS) is 18.1. The Morgan fingerprint density at radius 2 is 2.10 bits per heavy atom. The van der Waals surface area contributed by atoms with Crippen molar-refractivity contribution in [1.29, 1.82) is 0 Å². The number of rotatable bonds is 7. The third kappa shape index (κ3) is 5.40. The summed E-state index contributed by atoms with van der Waals surface area (Å²) in [5, 5.41) is 3.44. The lowest BCUT2D eigenvalue weighted by atomic mass is 9.96. The molecule has 1 atom stereocenters. The number of nitrogens with zero attached hydrogens (tertiary/aromatic N) is 1. The van der Waals surface area contributed by atoms with Crippen LogP contribution in [0.25, 0.3) is 0 Å². The Kier molecular flexibility index (Phi) is 6.65. The first-order valence-corrected chi connectivity index (χ1v) is 8.38. The molecule has 1 aliphatic heterocycles. The van der Waals surface area contributed by atoms with Gasteiger partial charge in [-0.3, -0.25) is 0 Å². The molecule has 0 saturated carbocycles. The lowest BCUT2D eigenvalue weighted by Gasteiger charge is -2.34. The molecule has 3 heteroatoms. The van der Waals surface area contributed by atoms with E-state index in [1.807, 2.05) is 12.1 Å². The van der Waals surface area contributed by atoms with Crippen LogP contribution in [0.3, 0.4) is 0 Å². The molecular weight excluding hydrogens is 263 g/mol. The Bertz CT molecular complexity index is 415. The highest BCUT2D eigenvalue weighted by Crippen LogP contribution is 2.17. The highest BCUT2D eigenvalue weighted by molar-refractivity contribution is 5.17. The van der Waals surface area contributed by atoms with Gasteiger partial charge in [-0.05, 0) is 75.9 Å². The second-order valence-corrected chi connectivity index (χ2v) is 6.37. The molecule has 0 spiro atoms. The van der Waals surface area contributed by atoms with Gasteiger partial charge in [0.05, 0.1) is 0 Å². The zero-order valence-corrected chi connectivity index (χ0v) is 13.4. The second kappa shape index (κ2) is 8.50. The third-order valence-electron chi connectivity index (χ3n) is 4.51. The lowest BCUT2D eigenvalue weighted by Crippen LogP contribution is -2.41. The average molecular weight is 292 g/mol. The van der Waals surface area contributed by atoms with Crippen molar-refractivity contribution in [2.24, 2.45) is 5.92 Å². The quantitative estimate of drug-likeness (QED) is 0.828. The molecule has 0 radical (unpaired) electrons. The Hall–Kier alpha value is -0.930. The smallest absolute Gasteiger partial charge is 0.123 e. The van der Waals surface area contributed by atoms with E-state index >= 15 is 0 Å². The van der Waals surface area contributed by atoms with Gasteiger partial charge in [0, 0.05) is 12.6 Å². The van der Waals surface area contributed by atoms with Crippen molar-refractivity contribution in [1.82, 2.24) is 10.2 Å². The molecule has 0 amide bonds. The lowest BCUT2D eigenvalue weighted by molar-refractivity contribution is 0.159. The van der Waals surface area contributed by atoms with Gasteiger partial charge in [-0.25, -0.2) is 4.39 Å². The van der Waals surface area contributed by atoms with Crippen LogP contribution in [-0.2, 0) is 6.42 Å². The van der Waals surface area contributed by atoms with E-state index in [1.165, 1.54) is 31.9 Å². The fourth-order valence-electron chi connectivity index (χ4n) is 3.31. The van der Waals surface area contributed by atoms with E-state index in [-0.39, 0.29) is 5.82 Å². The van der Waals surface area contributed by atoms with E-state index in [0.29, 0.717) is 6.04 Å². The Balaban J connectivity index is 1.92. The molecule has 118 valence electrons. The summed E-state index contributed by atoms with van der Waals surface area (Å²) in [7, 11) is 0.